The van der Waals surface area contributed by atoms with Crippen molar-refractivity contribution in [1.82, 2.24) is 4.98 Å². The molecule has 0 aliphatic heterocycles. The summed E-state index contributed by atoms with van der Waals surface area (Å²) >= 11 is 3.39. The van der Waals surface area contributed by atoms with Crippen LogP contribution < -0.4 is 4.90 Å². The molecule has 0 spiro atoms. The Kier molecular flexibility index (Phi) is 4.92. The third-order valence-electron chi connectivity index (χ3n) is 3.40. The fourth-order valence-electron chi connectivity index (χ4n) is 2.56. The van der Waals surface area contributed by atoms with Gasteiger partial charge in [0.15, 0.2) is 11.6 Å². The van der Waals surface area contributed by atoms with Crippen LogP contribution in [-0.4, -0.2) is 22.9 Å². The van der Waals surface area contributed by atoms with E-state index >= 15 is 0 Å². The SMILES string of the molecule is Fc1cnc(N(CCBr)C2CCCCC2)c(F)c1. The van der Waals surface area contributed by atoms with Gasteiger partial charge in [0.25, 0.3) is 0 Å². The Morgan fingerprint density at radius 3 is 2.61 bits per heavy atom. The molecule has 1 aromatic heterocycles. The predicted molar refractivity (Wildman–Crippen MR) is 72.2 cm³/mol. The van der Waals surface area contributed by atoms with E-state index in [1.54, 1.807) is 0 Å². The van der Waals surface area contributed by atoms with Crippen LogP contribution in [0.3, 0.4) is 0 Å². The van der Waals surface area contributed by atoms with Crippen molar-refractivity contribution in [3.05, 3.63) is 23.9 Å². The molecule has 2 rings (SSSR count). The van der Waals surface area contributed by atoms with Gasteiger partial charge < -0.3 is 4.90 Å². The number of hydrogen-bond acceptors (Lipinski definition) is 2. The van der Waals surface area contributed by atoms with Crippen LogP contribution in [0.4, 0.5) is 14.6 Å². The third kappa shape index (κ3) is 3.19. The highest BCUT2D eigenvalue weighted by atomic mass is 79.9. The van der Waals surface area contributed by atoms with Crippen molar-refractivity contribution in [2.75, 3.05) is 16.8 Å². The second-order valence-electron chi connectivity index (χ2n) is 4.63. The first-order chi connectivity index (χ1) is 8.72. The summed E-state index contributed by atoms with van der Waals surface area (Å²) in [6, 6.07) is 1.23. The van der Waals surface area contributed by atoms with Crippen molar-refractivity contribution in [3.8, 4) is 0 Å². The van der Waals surface area contributed by atoms with Crippen molar-refractivity contribution in [3.63, 3.8) is 0 Å². The van der Waals surface area contributed by atoms with Crippen LogP contribution in [0.2, 0.25) is 0 Å². The standard InChI is InChI=1S/C13H17BrF2N2/c14-6-7-18(11-4-2-1-3-5-11)13-12(16)8-10(15)9-17-13/h8-9,11H,1-7H2. The fourth-order valence-corrected chi connectivity index (χ4v) is 2.95. The minimum Gasteiger partial charge on any atom is -0.350 e. The molecule has 18 heavy (non-hydrogen) atoms. The average molecular weight is 319 g/mol. The highest BCUT2D eigenvalue weighted by molar-refractivity contribution is 9.09. The summed E-state index contributed by atoms with van der Waals surface area (Å²) < 4.78 is 26.7. The lowest BCUT2D eigenvalue weighted by atomic mass is 9.94. The molecule has 0 aromatic carbocycles. The number of pyridine rings is 1. The van der Waals surface area contributed by atoms with Crippen LogP contribution in [0.5, 0.6) is 0 Å². The van der Waals surface area contributed by atoms with E-state index in [1.807, 2.05) is 4.90 Å². The van der Waals surface area contributed by atoms with Gasteiger partial charge in [-0.05, 0) is 12.8 Å². The predicted octanol–water partition coefficient (Wildman–Crippen LogP) is 3.89. The summed E-state index contributed by atoms with van der Waals surface area (Å²) in [5.41, 5.74) is 0. The lowest BCUT2D eigenvalue weighted by Crippen LogP contribution is -2.39. The number of aromatic nitrogens is 1. The molecule has 1 aromatic rings. The van der Waals surface area contributed by atoms with E-state index < -0.39 is 11.6 Å². The minimum absolute atomic E-state index is 0.280. The van der Waals surface area contributed by atoms with Crippen LogP contribution in [0, 0.1) is 11.6 Å². The number of anilines is 1. The molecule has 0 radical (unpaired) electrons. The molecule has 0 unspecified atom stereocenters. The van der Waals surface area contributed by atoms with E-state index in [1.165, 1.54) is 19.3 Å². The molecular weight excluding hydrogens is 302 g/mol. The Morgan fingerprint density at radius 2 is 2.00 bits per heavy atom. The van der Waals surface area contributed by atoms with Crippen LogP contribution in [0.15, 0.2) is 12.3 Å². The molecule has 0 amide bonds. The van der Waals surface area contributed by atoms with Gasteiger partial charge in [-0.15, -0.1) is 0 Å². The second-order valence-corrected chi connectivity index (χ2v) is 5.43. The van der Waals surface area contributed by atoms with Crippen LogP contribution >= 0.6 is 15.9 Å². The van der Waals surface area contributed by atoms with E-state index in [4.69, 9.17) is 0 Å². The Morgan fingerprint density at radius 1 is 1.28 bits per heavy atom. The highest BCUT2D eigenvalue weighted by Crippen LogP contribution is 2.27. The van der Waals surface area contributed by atoms with E-state index in [0.29, 0.717) is 12.6 Å². The van der Waals surface area contributed by atoms with Gasteiger partial charge in [-0.25, -0.2) is 13.8 Å². The van der Waals surface area contributed by atoms with Gasteiger partial charge in [0.2, 0.25) is 0 Å². The highest BCUT2D eigenvalue weighted by Gasteiger charge is 2.24. The van der Waals surface area contributed by atoms with Crippen LogP contribution in [0.25, 0.3) is 0 Å². The molecule has 0 bridgehead atoms. The van der Waals surface area contributed by atoms with Gasteiger partial charge in [-0.1, -0.05) is 35.2 Å². The maximum absolute atomic E-state index is 13.8. The van der Waals surface area contributed by atoms with Gasteiger partial charge in [0, 0.05) is 24.0 Å². The van der Waals surface area contributed by atoms with E-state index in [9.17, 15) is 8.78 Å². The van der Waals surface area contributed by atoms with Gasteiger partial charge >= 0.3 is 0 Å². The first-order valence-corrected chi connectivity index (χ1v) is 7.48. The van der Waals surface area contributed by atoms with Gasteiger partial charge in [-0.2, -0.15) is 0 Å². The molecule has 1 aliphatic carbocycles. The number of halogens is 3. The summed E-state index contributed by atoms with van der Waals surface area (Å²) in [6.07, 6.45) is 6.80. The molecule has 0 atom stereocenters. The van der Waals surface area contributed by atoms with E-state index in [-0.39, 0.29) is 5.82 Å². The lowest BCUT2D eigenvalue weighted by Gasteiger charge is -2.35. The summed E-state index contributed by atoms with van der Waals surface area (Å²) in [6.45, 7) is 0.695. The number of hydrogen-bond donors (Lipinski definition) is 0. The summed E-state index contributed by atoms with van der Waals surface area (Å²) in [5.74, 6) is -0.914. The first-order valence-electron chi connectivity index (χ1n) is 6.36. The monoisotopic (exact) mass is 318 g/mol. The smallest absolute Gasteiger partial charge is 0.168 e. The van der Waals surface area contributed by atoms with E-state index in [2.05, 4.69) is 20.9 Å². The quantitative estimate of drug-likeness (QED) is 0.783. The molecule has 0 saturated heterocycles. The number of rotatable bonds is 4. The second kappa shape index (κ2) is 6.45. The minimum atomic E-state index is -0.626. The van der Waals surface area contributed by atoms with Gasteiger partial charge in [0.1, 0.15) is 5.82 Å². The zero-order valence-corrected chi connectivity index (χ0v) is 11.8. The molecule has 1 saturated carbocycles. The Hall–Kier alpha value is -0.710. The number of alkyl halides is 1. The first kappa shape index (κ1) is 13.7. The zero-order chi connectivity index (χ0) is 13.0. The Labute approximate surface area is 115 Å². The average Bonchev–Trinajstić information content (AvgIpc) is 2.38. The van der Waals surface area contributed by atoms with Crippen molar-refractivity contribution < 1.29 is 8.78 Å². The van der Waals surface area contributed by atoms with Crippen molar-refractivity contribution in [1.29, 1.82) is 0 Å². The molecule has 2 nitrogen and oxygen atoms in total. The lowest BCUT2D eigenvalue weighted by molar-refractivity contribution is 0.412. The molecule has 5 heteroatoms. The maximum Gasteiger partial charge on any atom is 0.168 e. The van der Waals surface area contributed by atoms with Crippen LogP contribution in [-0.2, 0) is 0 Å². The van der Waals surface area contributed by atoms with Crippen molar-refractivity contribution in [2.24, 2.45) is 0 Å². The Balaban J connectivity index is 2.22. The van der Waals surface area contributed by atoms with Crippen molar-refractivity contribution in [2.45, 2.75) is 38.1 Å². The van der Waals surface area contributed by atoms with E-state index in [0.717, 1.165) is 30.4 Å². The van der Waals surface area contributed by atoms with Gasteiger partial charge in [0.05, 0.1) is 6.20 Å². The van der Waals surface area contributed by atoms with Crippen LogP contribution in [0.1, 0.15) is 32.1 Å². The zero-order valence-electron chi connectivity index (χ0n) is 10.2. The normalized spacial score (nSPS) is 16.8. The third-order valence-corrected chi connectivity index (χ3v) is 3.76. The van der Waals surface area contributed by atoms with Crippen molar-refractivity contribution >= 4 is 21.7 Å². The molecule has 100 valence electrons. The molecule has 0 N–H and O–H groups in total. The maximum atomic E-state index is 13.8. The number of nitrogens with zero attached hydrogens (tertiary/aromatic N) is 2. The molecule has 1 heterocycles. The largest absolute Gasteiger partial charge is 0.350 e. The van der Waals surface area contributed by atoms with Gasteiger partial charge in [-0.3, -0.25) is 0 Å². The summed E-state index contributed by atoms with van der Waals surface area (Å²) in [5, 5.41) is 0.752. The summed E-state index contributed by atoms with van der Waals surface area (Å²) in [4.78, 5) is 5.90. The fraction of sp³-hybridized carbons (Fsp3) is 0.615. The summed E-state index contributed by atoms with van der Waals surface area (Å²) in [7, 11) is 0. The topological polar surface area (TPSA) is 16.1 Å². The Bertz CT molecular complexity index is 395. The molecule has 1 fully saturated rings. The molecule has 1 aliphatic rings. The molecular formula is C13H17BrF2N2.